The third kappa shape index (κ3) is 2.14. The quantitative estimate of drug-likeness (QED) is 0.796. The van der Waals surface area contributed by atoms with Crippen LogP contribution in [0.5, 0.6) is 0 Å². The zero-order valence-corrected chi connectivity index (χ0v) is 11.6. The summed E-state index contributed by atoms with van der Waals surface area (Å²) in [5, 5.41) is 1.87. The number of ether oxygens (including phenoxy) is 2. The zero-order chi connectivity index (χ0) is 11.9. The SMILES string of the molecule is O=C(c1csc(Br)c1)N1CCC2(C1)OCCO2. The minimum atomic E-state index is -0.525. The molecule has 3 heterocycles. The molecular weight excluding hydrogens is 306 g/mol. The van der Waals surface area contributed by atoms with Crippen molar-refractivity contribution in [1.29, 1.82) is 0 Å². The molecule has 2 fully saturated rings. The van der Waals surface area contributed by atoms with Gasteiger partial charge in [0.25, 0.3) is 5.91 Å². The van der Waals surface area contributed by atoms with Gasteiger partial charge < -0.3 is 14.4 Å². The normalized spacial score (nSPS) is 22.5. The number of nitrogens with zero attached hydrogens (tertiary/aromatic N) is 1. The Morgan fingerprint density at radius 1 is 1.47 bits per heavy atom. The Hall–Kier alpha value is -0.430. The van der Waals surface area contributed by atoms with E-state index in [1.807, 2.05) is 11.4 Å². The Bertz CT molecular complexity index is 442. The molecule has 1 aromatic heterocycles. The molecule has 0 saturated carbocycles. The molecule has 4 nitrogen and oxygen atoms in total. The summed E-state index contributed by atoms with van der Waals surface area (Å²) < 4.78 is 12.2. The van der Waals surface area contributed by atoms with Crippen LogP contribution >= 0.6 is 27.3 Å². The van der Waals surface area contributed by atoms with Crippen molar-refractivity contribution in [3.63, 3.8) is 0 Å². The van der Waals surface area contributed by atoms with Crippen LogP contribution in [0.2, 0.25) is 0 Å². The topological polar surface area (TPSA) is 38.8 Å². The molecule has 1 aromatic rings. The van der Waals surface area contributed by atoms with E-state index in [9.17, 15) is 4.79 Å². The maximum atomic E-state index is 12.2. The molecular formula is C11H12BrNO3S. The summed E-state index contributed by atoms with van der Waals surface area (Å²) in [6.07, 6.45) is 0.768. The summed E-state index contributed by atoms with van der Waals surface area (Å²) in [4.78, 5) is 14.0. The van der Waals surface area contributed by atoms with E-state index in [0.29, 0.717) is 26.3 Å². The van der Waals surface area contributed by atoms with Crippen molar-refractivity contribution in [2.24, 2.45) is 0 Å². The van der Waals surface area contributed by atoms with Crippen LogP contribution in [0.25, 0.3) is 0 Å². The molecule has 2 aliphatic heterocycles. The maximum absolute atomic E-state index is 12.2. The monoisotopic (exact) mass is 317 g/mol. The van der Waals surface area contributed by atoms with Gasteiger partial charge in [0, 0.05) is 18.3 Å². The Balaban J connectivity index is 1.72. The van der Waals surface area contributed by atoms with Crippen molar-refractivity contribution in [2.75, 3.05) is 26.3 Å². The molecule has 1 amide bonds. The van der Waals surface area contributed by atoms with Gasteiger partial charge in [-0.25, -0.2) is 0 Å². The number of thiophene rings is 1. The fraction of sp³-hybridized carbons (Fsp3) is 0.545. The van der Waals surface area contributed by atoms with Crippen LogP contribution in [-0.4, -0.2) is 42.9 Å². The standard InChI is InChI=1S/C11H12BrNO3S/c12-9-5-8(6-17-9)10(14)13-2-1-11(7-13)15-3-4-16-11/h5-6H,1-4,7H2. The number of hydrogen-bond acceptors (Lipinski definition) is 4. The number of rotatable bonds is 1. The van der Waals surface area contributed by atoms with E-state index in [1.54, 1.807) is 4.90 Å². The fourth-order valence-electron chi connectivity index (χ4n) is 2.26. The molecule has 0 atom stereocenters. The Morgan fingerprint density at radius 3 is 2.88 bits per heavy atom. The third-order valence-electron chi connectivity index (χ3n) is 3.11. The van der Waals surface area contributed by atoms with Crippen LogP contribution in [0, 0.1) is 0 Å². The van der Waals surface area contributed by atoms with E-state index < -0.39 is 5.79 Å². The van der Waals surface area contributed by atoms with Gasteiger partial charge in [-0.2, -0.15) is 0 Å². The summed E-state index contributed by atoms with van der Waals surface area (Å²) >= 11 is 4.89. The summed E-state index contributed by atoms with van der Waals surface area (Å²) in [5.41, 5.74) is 0.733. The predicted molar refractivity (Wildman–Crippen MR) is 67.2 cm³/mol. The molecule has 17 heavy (non-hydrogen) atoms. The molecule has 6 heteroatoms. The van der Waals surface area contributed by atoms with E-state index in [4.69, 9.17) is 9.47 Å². The van der Waals surface area contributed by atoms with Crippen LogP contribution in [0.15, 0.2) is 15.2 Å². The fourth-order valence-corrected chi connectivity index (χ4v) is 3.40. The van der Waals surface area contributed by atoms with Gasteiger partial charge in [-0.1, -0.05) is 0 Å². The van der Waals surface area contributed by atoms with Crippen LogP contribution < -0.4 is 0 Å². The highest BCUT2D eigenvalue weighted by molar-refractivity contribution is 9.11. The lowest BCUT2D eigenvalue weighted by Gasteiger charge is -2.22. The minimum Gasteiger partial charge on any atom is -0.346 e. The van der Waals surface area contributed by atoms with Gasteiger partial charge in [-0.3, -0.25) is 4.79 Å². The van der Waals surface area contributed by atoms with Gasteiger partial charge in [-0.05, 0) is 22.0 Å². The van der Waals surface area contributed by atoms with Gasteiger partial charge in [0.15, 0.2) is 5.79 Å². The number of halogens is 1. The molecule has 2 saturated heterocycles. The molecule has 1 spiro atoms. The first-order valence-corrected chi connectivity index (χ1v) is 7.17. The molecule has 3 rings (SSSR count). The summed E-state index contributed by atoms with van der Waals surface area (Å²) in [7, 11) is 0. The Morgan fingerprint density at radius 2 is 2.24 bits per heavy atom. The highest BCUT2D eigenvalue weighted by Crippen LogP contribution is 2.32. The lowest BCUT2D eigenvalue weighted by molar-refractivity contribution is -0.143. The highest BCUT2D eigenvalue weighted by Gasteiger charge is 2.44. The van der Waals surface area contributed by atoms with Crippen molar-refractivity contribution < 1.29 is 14.3 Å². The summed E-state index contributed by atoms with van der Waals surface area (Å²) in [6.45, 7) is 2.50. The minimum absolute atomic E-state index is 0.0583. The van der Waals surface area contributed by atoms with Crippen molar-refractivity contribution in [1.82, 2.24) is 4.90 Å². The van der Waals surface area contributed by atoms with Gasteiger partial charge in [-0.15, -0.1) is 11.3 Å². The van der Waals surface area contributed by atoms with Crippen molar-refractivity contribution in [3.05, 3.63) is 20.8 Å². The molecule has 92 valence electrons. The summed E-state index contributed by atoms with van der Waals surface area (Å²) in [5.74, 6) is -0.467. The Labute approximate surface area is 112 Å². The first-order chi connectivity index (χ1) is 8.19. The highest BCUT2D eigenvalue weighted by atomic mass is 79.9. The lowest BCUT2D eigenvalue weighted by atomic mass is 10.2. The zero-order valence-electron chi connectivity index (χ0n) is 9.15. The molecule has 0 aliphatic carbocycles. The van der Waals surface area contributed by atoms with Crippen LogP contribution in [0.1, 0.15) is 16.8 Å². The van der Waals surface area contributed by atoms with Crippen molar-refractivity contribution in [2.45, 2.75) is 12.2 Å². The van der Waals surface area contributed by atoms with E-state index >= 15 is 0 Å². The van der Waals surface area contributed by atoms with E-state index in [1.165, 1.54) is 11.3 Å². The summed E-state index contributed by atoms with van der Waals surface area (Å²) in [6, 6.07) is 1.86. The molecule has 0 radical (unpaired) electrons. The number of carbonyl (C=O) groups is 1. The first kappa shape index (κ1) is 11.6. The number of amides is 1. The van der Waals surface area contributed by atoms with Crippen LogP contribution in [0.4, 0.5) is 0 Å². The largest absolute Gasteiger partial charge is 0.346 e. The predicted octanol–water partition coefficient (Wildman–Crippen LogP) is 2.10. The smallest absolute Gasteiger partial charge is 0.254 e. The van der Waals surface area contributed by atoms with E-state index in [2.05, 4.69) is 15.9 Å². The second-order valence-electron chi connectivity index (χ2n) is 4.22. The average molecular weight is 318 g/mol. The van der Waals surface area contributed by atoms with Crippen molar-refractivity contribution >= 4 is 33.2 Å². The molecule has 0 N–H and O–H groups in total. The first-order valence-electron chi connectivity index (χ1n) is 5.50. The molecule has 2 aliphatic rings. The van der Waals surface area contributed by atoms with E-state index in [-0.39, 0.29) is 5.91 Å². The van der Waals surface area contributed by atoms with E-state index in [0.717, 1.165) is 15.8 Å². The van der Waals surface area contributed by atoms with Gasteiger partial charge in [0.05, 0.1) is 29.1 Å². The second kappa shape index (κ2) is 4.35. The molecule has 0 unspecified atom stereocenters. The number of likely N-dealkylation sites (tertiary alicyclic amines) is 1. The maximum Gasteiger partial charge on any atom is 0.254 e. The van der Waals surface area contributed by atoms with Gasteiger partial charge in [0.2, 0.25) is 0 Å². The third-order valence-corrected chi connectivity index (χ3v) is 4.61. The average Bonchev–Trinajstić information content (AvgIpc) is 3.02. The molecule has 0 aromatic carbocycles. The van der Waals surface area contributed by atoms with Gasteiger partial charge in [0.1, 0.15) is 0 Å². The molecule has 0 bridgehead atoms. The Kier molecular flexibility index (Phi) is 2.98. The number of hydrogen-bond donors (Lipinski definition) is 0. The lowest BCUT2D eigenvalue weighted by Crippen LogP contribution is -2.36. The second-order valence-corrected chi connectivity index (χ2v) is 6.51. The van der Waals surface area contributed by atoms with Crippen molar-refractivity contribution in [3.8, 4) is 0 Å². The number of carbonyl (C=O) groups excluding carboxylic acids is 1. The van der Waals surface area contributed by atoms with Gasteiger partial charge >= 0.3 is 0 Å². The van der Waals surface area contributed by atoms with Crippen LogP contribution in [-0.2, 0) is 9.47 Å². The van der Waals surface area contributed by atoms with Crippen LogP contribution in [0.3, 0.4) is 0 Å².